The average molecular weight is 1860 g/mol. The first-order valence-electron chi connectivity index (χ1n) is 40.1. The van der Waals surface area contributed by atoms with Crippen LogP contribution in [0.3, 0.4) is 0 Å². The molecule has 15 rings (SSSR count). The topological polar surface area (TPSA) is 309 Å². The number of anilines is 1. The van der Waals surface area contributed by atoms with E-state index in [1.807, 2.05) is 20.8 Å². The molecule has 130 heavy (non-hydrogen) atoms. The first-order chi connectivity index (χ1) is 61.0. The molecule has 29 nitrogen and oxygen atoms in total. The number of carbonyl (C=O) groups excluding carboxylic acids is 5. The second-order valence-electron chi connectivity index (χ2n) is 32.4. The summed E-state index contributed by atoms with van der Waals surface area (Å²) in [5.74, 6) is -19.1. The predicted octanol–water partition coefficient (Wildman–Crippen LogP) is 16.4. The van der Waals surface area contributed by atoms with E-state index in [1.165, 1.54) is 73.3 Å². The molecule has 1 aliphatic carbocycles. The highest BCUT2D eigenvalue weighted by Gasteiger charge is 2.42. The van der Waals surface area contributed by atoms with E-state index in [2.05, 4.69) is 45.4 Å². The number of rotatable bonds is 13. The second-order valence-corrected chi connectivity index (χ2v) is 32.4. The number of halogens is 17. The maximum absolute atomic E-state index is 13.9. The third kappa shape index (κ3) is 28.5. The van der Waals surface area contributed by atoms with Crippen LogP contribution in [0.25, 0.3) is 0 Å². The molecule has 0 radical (unpaired) electrons. The number of amides is 6. The fourth-order valence-electron chi connectivity index (χ4n) is 11.9. The van der Waals surface area contributed by atoms with Gasteiger partial charge in [0, 0.05) is 87.2 Å². The van der Waals surface area contributed by atoms with Crippen molar-refractivity contribution in [1.29, 1.82) is 0 Å². The van der Waals surface area contributed by atoms with Crippen LogP contribution in [0.1, 0.15) is 143 Å². The number of urea groups is 1. The van der Waals surface area contributed by atoms with Gasteiger partial charge in [-0.1, -0.05) is 13.8 Å². The molecule has 6 amide bonds. The van der Waals surface area contributed by atoms with E-state index in [4.69, 9.17) is 38.3 Å². The normalized spacial score (nSPS) is 16.5. The van der Waals surface area contributed by atoms with E-state index in [-0.39, 0.29) is 105 Å². The molecule has 5 fully saturated rings. The molecular formula is C84H91F17N16O13. The van der Waals surface area contributed by atoms with Crippen molar-refractivity contribution in [2.75, 3.05) is 64.7 Å². The highest BCUT2D eigenvalue weighted by atomic mass is 19.2. The van der Waals surface area contributed by atoms with Crippen molar-refractivity contribution in [3.8, 4) is 23.5 Å². The first kappa shape index (κ1) is 101. The fourth-order valence-corrected chi connectivity index (χ4v) is 11.9. The maximum Gasteiger partial charge on any atom is 0.410 e. The number of benzene rings is 2. The number of aliphatic hydroxyl groups excluding tert-OH is 1. The summed E-state index contributed by atoms with van der Waals surface area (Å²) in [6.07, 6.45) is 8.77. The van der Waals surface area contributed by atoms with Crippen molar-refractivity contribution in [2.45, 2.75) is 181 Å². The second kappa shape index (κ2) is 43.9. The number of nitrogens with one attached hydrogen (secondary N) is 1. The number of imidazole rings is 1. The Balaban J connectivity index is 0.000000175. The van der Waals surface area contributed by atoms with Gasteiger partial charge in [0.15, 0.2) is 52.4 Å². The Bertz CT molecular complexity index is 5270. The van der Waals surface area contributed by atoms with E-state index in [0.29, 0.717) is 62.0 Å². The van der Waals surface area contributed by atoms with E-state index < -0.39 is 171 Å². The van der Waals surface area contributed by atoms with Gasteiger partial charge in [-0.05, 0) is 130 Å². The predicted molar refractivity (Wildman–Crippen MR) is 428 cm³/mol. The SMILES string of the molecule is CC(C)(C)OC(=O)N1CC(O)C1.CC(C)(C)OC(=O)N1CC(Oc2nc(F)c(F)cc2F)C1.CCc1nc(OC2CCC2)c(F)cc1F.CCc1nc(OC2CN(C(=O)OC(C)(C)C)C2)c(F)cc1F.CNc1nc(OC2CN(C(=O)N3N=CC[C@H]3c3cc(F)cc(F)c3)C2)c(F)cc1F.Fc1cc(F)c(F)nc1F.O=C(N1N=CC[C@H]1c1cc(F)cc(F)c1)n1ccnc1. The third-order valence-corrected chi connectivity index (χ3v) is 18.6. The number of carbonyl (C=O) groups is 5. The Morgan fingerprint density at radius 2 is 0.746 bits per heavy atom. The highest BCUT2D eigenvalue weighted by Crippen LogP contribution is 2.35. The average Bonchev–Trinajstić information content (AvgIpc) is 1.51. The Morgan fingerprint density at radius 3 is 1.09 bits per heavy atom. The van der Waals surface area contributed by atoms with Gasteiger partial charge in [0.25, 0.3) is 41.4 Å². The summed E-state index contributed by atoms with van der Waals surface area (Å²) in [5.41, 5.74) is -0.555. The minimum atomic E-state index is -1.64. The maximum atomic E-state index is 13.9. The van der Waals surface area contributed by atoms with Crippen molar-refractivity contribution in [2.24, 2.45) is 10.2 Å². The first-order valence-corrected chi connectivity index (χ1v) is 40.1. The number of β-amino-alcohol motifs (C(OH)–C–C–N with tert-alkyl or cyclic N) is 1. The number of aliphatic hydroxyl groups is 1. The van der Waals surface area contributed by atoms with E-state index in [1.54, 1.807) is 61.6 Å². The van der Waals surface area contributed by atoms with Crippen molar-refractivity contribution >= 4 is 48.6 Å². The molecule has 4 saturated heterocycles. The molecule has 8 aromatic rings. The minimum absolute atomic E-state index is 0.0575. The van der Waals surface area contributed by atoms with E-state index in [9.17, 15) is 98.6 Å². The summed E-state index contributed by atoms with van der Waals surface area (Å²) in [4.78, 5) is 85.8. The quantitative estimate of drug-likeness (QED) is 0.0615. The van der Waals surface area contributed by atoms with Crippen LogP contribution in [-0.4, -0.2) is 219 Å². The smallest absolute Gasteiger partial charge is 0.410 e. The van der Waals surface area contributed by atoms with Crippen molar-refractivity contribution in [3.05, 3.63) is 207 Å². The Hall–Kier alpha value is -12.9. The number of hydrogen-bond acceptors (Lipinski definition) is 22. The van der Waals surface area contributed by atoms with E-state index >= 15 is 0 Å². The van der Waals surface area contributed by atoms with Gasteiger partial charge in [-0.2, -0.15) is 38.3 Å². The summed E-state index contributed by atoms with van der Waals surface area (Å²) >= 11 is 0. The number of likely N-dealkylation sites (tertiary alicyclic amines) is 4. The molecule has 704 valence electrons. The van der Waals surface area contributed by atoms with Crippen LogP contribution >= 0.6 is 0 Å². The molecular weight excluding hydrogens is 1760 g/mol. The van der Waals surface area contributed by atoms with Crippen LogP contribution in [0.15, 0.2) is 95.7 Å². The summed E-state index contributed by atoms with van der Waals surface area (Å²) in [6.45, 7) is 21.5. The van der Waals surface area contributed by atoms with Crippen LogP contribution in [0.4, 0.5) is 104 Å². The molecule has 0 spiro atoms. The lowest BCUT2D eigenvalue weighted by Crippen LogP contribution is -2.59. The highest BCUT2D eigenvalue weighted by molar-refractivity contribution is 5.81. The number of nitrogens with zero attached hydrogens (tertiary/aromatic N) is 15. The largest absolute Gasteiger partial charge is 0.472 e. The molecule has 1 saturated carbocycles. The van der Waals surface area contributed by atoms with Crippen LogP contribution in [-0.2, 0) is 27.1 Å². The number of pyridine rings is 5. The molecule has 2 N–H and O–H groups in total. The lowest BCUT2D eigenvalue weighted by Gasteiger charge is -2.40. The van der Waals surface area contributed by atoms with Gasteiger partial charge in [0.05, 0.1) is 81.9 Å². The van der Waals surface area contributed by atoms with Crippen LogP contribution in [0.2, 0.25) is 0 Å². The monoisotopic (exact) mass is 1850 g/mol. The van der Waals surface area contributed by atoms with Gasteiger partial charge < -0.3 is 63.2 Å². The van der Waals surface area contributed by atoms with Crippen molar-refractivity contribution < 1.29 is 137 Å². The van der Waals surface area contributed by atoms with Crippen molar-refractivity contribution in [1.82, 2.24) is 64.1 Å². The molecule has 2 aromatic carbocycles. The molecule has 6 aromatic heterocycles. The number of hydrazone groups is 2. The molecule has 7 aliphatic rings. The zero-order valence-corrected chi connectivity index (χ0v) is 71.9. The van der Waals surface area contributed by atoms with Gasteiger partial charge >= 0.3 is 30.3 Å². The lowest BCUT2D eigenvalue weighted by atomic mass is 9.96. The Kier molecular flexibility index (Phi) is 34.1. The molecule has 46 heteroatoms. The standard InChI is InChI=1S/C19H17F4N5O2.C15H20F2N2O3.C13H15F3N2O3.C13H10F2N4O.C11H13F2NO.C8H15NO3.C5HF4N/c1-24-17-14(22)7-15(23)18(26-17)30-13-8-27(9-13)19(29)28-16(2-3-25-28)10-4-11(20)6-12(21)5-10;1-5-12-10(16)6-11(17)13(18-12)21-9-7-19(8-9)14(20)22-15(2,3)4;1-13(2,3)21-12(19)18-5-7(6-18)20-11-9(15)4-8(14)10(16)17-11;14-10-5-9(6-11(15)7-10)12-1-2-17-19(12)13(20)18-4-3-16-8-18;1-2-10-8(12)6-9(13)11(14-10)15-7-4-3-5-7;1-8(2,3)12-7(11)9-4-6(10)5-9;6-2-1-3(7)5(9)10-4(2)8/h3-7,13,16H,2,8-9H2,1H3,(H,24,26);6,9H,5,7-8H2,1-4H3;4,7H,5-6H2,1-3H3;2-8,12H,1H2;6-7H,2-5H2,1H3;6,10H,4-5H2,1-3H3;1H/t16-;;;12-;;;/m0..0.../s1. The van der Waals surface area contributed by atoms with Crippen LogP contribution < -0.4 is 24.3 Å². The van der Waals surface area contributed by atoms with Gasteiger partial charge in [0.1, 0.15) is 82.4 Å². The number of hydrogen-bond donors (Lipinski definition) is 2. The number of ether oxygens (including phenoxy) is 7. The van der Waals surface area contributed by atoms with Gasteiger partial charge in [-0.3, -0.25) is 4.57 Å². The molecule has 12 heterocycles. The summed E-state index contributed by atoms with van der Waals surface area (Å²) < 4.78 is 259. The van der Waals surface area contributed by atoms with Gasteiger partial charge in [-0.15, -0.1) is 0 Å². The summed E-state index contributed by atoms with van der Waals surface area (Å²) in [7, 11) is 1.44. The Labute approximate surface area is 733 Å². The van der Waals surface area contributed by atoms with E-state index in [0.717, 1.165) is 60.7 Å². The third-order valence-electron chi connectivity index (χ3n) is 18.6. The number of aryl methyl sites for hydroxylation is 2. The zero-order chi connectivity index (χ0) is 95.7. The zero-order valence-electron chi connectivity index (χ0n) is 71.9. The number of aromatic nitrogens is 7. The Morgan fingerprint density at radius 1 is 0.408 bits per heavy atom. The van der Waals surface area contributed by atoms with Crippen LogP contribution in [0, 0.1) is 99.3 Å². The van der Waals surface area contributed by atoms with Gasteiger partial charge in [-0.25, -0.2) is 110 Å². The van der Waals surface area contributed by atoms with Crippen LogP contribution in [0.5, 0.6) is 23.5 Å². The summed E-state index contributed by atoms with van der Waals surface area (Å²) in [6, 6.07) is 6.97. The summed E-state index contributed by atoms with van der Waals surface area (Å²) in [5, 5.41) is 21.7. The minimum Gasteiger partial charge on any atom is -0.472 e. The van der Waals surface area contributed by atoms with Crippen molar-refractivity contribution in [3.63, 3.8) is 0 Å². The molecule has 0 bridgehead atoms. The van der Waals surface area contributed by atoms with Gasteiger partial charge in [0.2, 0.25) is 0 Å². The molecule has 0 unspecified atom stereocenters. The fraction of sp³-hybridized carbons (Fsp3) is 0.440. The molecule has 6 aliphatic heterocycles. The molecule has 2 atom stereocenters. The lowest BCUT2D eigenvalue weighted by molar-refractivity contribution is -0.0303.